The van der Waals surface area contributed by atoms with E-state index in [1.165, 1.54) is 11.7 Å². The summed E-state index contributed by atoms with van der Waals surface area (Å²) in [5.74, 6) is 0.892. The maximum Gasteiger partial charge on any atom is 0.120 e. The van der Waals surface area contributed by atoms with Gasteiger partial charge in [-0.3, -0.25) is 0 Å². The first-order chi connectivity index (χ1) is 8.33. The van der Waals surface area contributed by atoms with Crippen molar-refractivity contribution in [3.63, 3.8) is 0 Å². The molecule has 1 aromatic heterocycles. The summed E-state index contributed by atoms with van der Waals surface area (Å²) in [6.07, 6.45) is 4.44. The standard InChI is InChI=1S/C12H13N3OS/c13-12(11-7-14-17-15-11)8-2-1-3-10(6-8)16-9-4-5-9/h1-3,6-7,9,12H,4-5,13H2. The van der Waals surface area contributed by atoms with Crippen molar-refractivity contribution in [3.8, 4) is 5.75 Å². The van der Waals surface area contributed by atoms with Crippen LogP contribution < -0.4 is 10.5 Å². The Morgan fingerprint density at radius 2 is 2.29 bits per heavy atom. The Bertz CT molecular complexity index is 496. The van der Waals surface area contributed by atoms with Crippen LogP contribution in [0.2, 0.25) is 0 Å². The van der Waals surface area contributed by atoms with Crippen molar-refractivity contribution in [1.29, 1.82) is 0 Å². The summed E-state index contributed by atoms with van der Waals surface area (Å²) in [5.41, 5.74) is 7.94. The first-order valence-corrected chi connectivity index (χ1v) is 6.35. The van der Waals surface area contributed by atoms with Gasteiger partial charge in [0, 0.05) is 0 Å². The van der Waals surface area contributed by atoms with Gasteiger partial charge in [-0.2, -0.15) is 8.75 Å². The molecule has 1 unspecified atom stereocenters. The average Bonchev–Trinajstić information content (AvgIpc) is 2.99. The van der Waals surface area contributed by atoms with Crippen LogP contribution in [0.15, 0.2) is 30.5 Å². The van der Waals surface area contributed by atoms with Gasteiger partial charge < -0.3 is 10.5 Å². The van der Waals surface area contributed by atoms with Crippen LogP contribution in [-0.4, -0.2) is 14.9 Å². The monoisotopic (exact) mass is 247 g/mol. The lowest BCUT2D eigenvalue weighted by Gasteiger charge is -2.11. The van der Waals surface area contributed by atoms with Crippen LogP contribution in [0.25, 0.3) is 0 Å². The Morgan fingerprint density at radius 3 is 3.00 bits per heavy atom. The smallest absolute Gasteiger partial charge is 0.120 e. The summed E-state index contributed by atoms with van der Waals surface area (Å²) >= 11 is 1.18. The molecule has 4 nitrogen and oxygen atoms in total. The van der Waals surface area contributed by atoms with Crippen LogP contribution in [0.3, 0.4) is 0 Å². The fourth-order valence-electron chi connectivity index (χ4n) is 1.64. The molecule has 1 aliphatic rings. The molecule has 1 saturated carbocycles. The van der Waals surface area contributed by atoms with Crippen molar-refractivity contribution >= 4 is 11.7 Å². The number of ether oxygens (including phenoxy) is 1. The highest BCUT2D eigenvalue weighted by Crippen LogP contribution is 2.28. The summed E-state index contributed by atoms with van der Waals surface area (Å²) in [6.45, 7) is 0. The molecule has 1 fully saturated rings. The van der Waals surface area contributed by atoms with Crippen molar-refractivity contribution in [3.05, 3.63) is 41.7 Å². The third-order valence-corrected chi connectivity index (χ3v) is 3.23. The number of rotatable bonds is 4. The van der Waals surface area contributed by atoms with E-state index in [0.29, 0.717) is 6.10 Å². The highest BCUT2D eigenvalue weighted by Gasteiger charge is 2.23. The molecular weight excluding hydrogens is 234 g/mol. The maximum atomic E-state index is 6.12. The number of aromatic nitrogens is 2. The van der Waals surface area contributed by atoms with Gasteiger partial charge in [0.1, 0.15) is 5.75 Å². The summed E-state index contributed by atoms with van der Waals surface area (Å²) < 4.78 is 13.9. The van der Waals surface area contributed by atoms with E-state index in [2.05, 4.69) is 8.75 Å². The highest BCUT2D eigenvalue weighted by molar-refractivity contribution is 6.99. The molecule has 0 radical (unpaired) electrons. The predicted molar refractivity (Wildman–Crippen MR) is 66.0 cm³/mol. The number of nitrogens with two attached hydrogens (primary N) is 1. The van der Waals surface area contributed by atoms with E-state index in [-0.39, 0.29) is 6.04 Å². The largest absolute Gasteiger partial charge is 0.490 e. The van der Waals surface area contributed by atoms with Crippen molar-refractivity contribution in [1.82, 2.24) is 8.75 Å². The van der Waals surface area contributed by atoms with Crippen LogP contribution in [0, 0.1) is 0 Å². The zero-order valence-corrected chi connectivity index (χ0v) is 10.1. The van der Waals surface area contributed by atoms with E-state index in [9.17, 15) is 0 Å². The van der Waals surface area contributed by atoms with Crippen LogP contribution in [-0.2, 0) is 0 Å². The lowest BCUT2D eigenvalue weighted by atomic mass is 10.1. The Labute approximate surface area is 104 Å². The Morgan fingerprint density at radius 1 is 1.41 bits per heavy atom. The molecule has 0 amide bonds. The third kappa shape index (κ3) is 2.45. The van der Waals surface area contributed by atoms with Crippen molar-refractivity contribution < 1.29 is 4.74 Å². The minimum Gasteiger partial charge on any atom is -0.490 e. The molecule has 5 heteroatoms. The molecule has 88 valence electrons. The van der Waals surface area contributed by atoms with Crippen LogP contribution >= 0.6 is 11.7 Å². The van der Waals surface area contributed by atoms with E-state index in [4.69, 9.17) is 10.5 Å². The molecule has 0 spiro atoms. The van der Waals surface area contributed by atoms with Crippen molar-refractivity contribution in [2.75, 3.05) is 0 Å². The van der Waals surface area contributed by atoms with E-state index >= 15 is 0 Å². The Balaban J connectivity index is 1.81. The van der Waals surface area contributed by atoms with Crippen molar-refractivity contribution in [2.45, 2.75) is 25.0 Å². The second-order valence-electron chi connectivity index (χ2n) is 4.20. The number of hydrogen-bond acceptors (Lipinski definition) is 5. The molecular formula is C12H13N3OS. The molecule has 0 bridgehead atoms. The topological polar surface area (TPSA) is 61.0 Å². The summed E-state index contributed by atoms with van der Waals surface area (Å²) in [7, 11) is 0. The summed E-state index contributed by atoms with van der Waals surface area (Å²) in [4.78, 5) is 0. The molecule has 1 aliphatic carbocycles. The lowest BCUT2D eigenvalue weighted by Crippen LogP contribution is -2.12. The minimum absolute atomic E-state index is 0.225. The van der Waals surface area contributed by atoms with Crippen LogP contribution in [0.4, 0.5) is 0 Å². The predicted octanol–water partition coefficient (Wildman–Crippen LogP) is 2.13. The van der Waals surface area contributed by atoms with Gasteiger partial charge in [-0.15, -0.1) is 0 Å². The molecule has 0 aliphatic heterocycles. The number of benzene rings is 1. The molecule has 17 heavy (non-hydrogen) atoms. The van der Waals surface area contributed by atoms with E-state index in [1.54, 1.807) is 6.20 Å². The van der Waals surface area contributed by atoms with Gasteiger partial charge in [0.15, 0.2) is 0 Å². The average molecular weight is 247 g/mol. The van der Waals surface area contributed by atoms with Gasteiger partial charge >= 0.3 is 0 Å². The van der Waals surface area contributed by atoms with Gasteiger partial charge in [-0.25, -0.2) is 0 Å². The molecule has 1 aromatic carbocycles. The molecule has 1 heterocycles. The van der Waals surface area contributed by atoms with Crippen LogP contribution in [0.1, 0.15) is 30.1 Å². The van der Waals surface area contributed by atoms with Crippen molar-refractivity contribution in [2.24, 2.45) is 5.73 Å². The molecule has 0 saturated heterocycles. The summed E-state index contributed by atoms with van der Waals surface area (Å²) in [6, 6.07) is 7.68. The first-order valence-electron chi connectivity index (χ1n) is 5.62. The molecule has 1 atom stereocenters. The second kappa shape index (κ2) is 4.43. The maximum absolute atomic E-state index is 6.12. The SMILES string of the molecule is NC(c1cccc(OC2CC2)c1)c1cnsn1. The highest BCUT2D eigenvalue weighted by atomic mass is 32.1. The fourth-order valence-corrected chi connectivity index (χ4v) is 2.10. The molecule has 2 N–H and O–H groups in total. The van der Waals surface area contributed by atoms with E-state index in [1.807, 2.05) is 24.3 Å². The number of nitrogens with zero attached hydrogens (tertiary/aromatic N) is 2. The van der Waals surface area contributed by atoms with E-state index < -0.39 is 0 Å². The van der Waals surface area contributed by atoms with E-state index in [0.717, 1.165) is 29.8 Å². The second-order valence-corrected chi connectivity index (χ2v) is 4.76. The van der Waals surface area contributed by atoms with Gasteiger partial charge in [0.25, 0.3) is 0 Å². The Hall–Kier alpha value is -1.46. The number of hydrogen-bond donors (Lipinski definition) is 1. The zero-order chi connectivity index (χ0) is 11.7. The van der Waals surface area contributed by atoms with Gasteiger partial charge in [-0.1, -0.05) is 12.1 Å². The normalized spacial score (nSPS) is 16.8. The van der Waals surface area contributed by atoms with Gasteiger partial charge in [0.2, 0.25) is 0 Å². The minimum atomic E-state index is -0.225. The quantitative estimate of drug-likeness (QED) is 0.899. The summed E-state index contributed by atoms with van der Waals surface area (Å²) in [5, 5.41) is 0. The molecule has 3 rings (SSSR count). The molecule has 2 aromatic rings. The Kier molecular flexibility index (Phi) is 2.78. The van der Waals surface area contributed by atoms with Crippen LogP contribution in [0.5, 0.6) is 5.75 Å². The third-order valence-electron chi connectivity index (χ3n) is 2.74. The van der Waals surface area contributed by atoms with Gasteiger partial charge in [0.05, 0.1) is 35.8 Å². The zero-order valence-electron chi connectivity index (χ0n) is 9.24. The first kappa shape index (κ1) is 10.7. The van der Waals surface area contributed by atoms with Gasteiger partial charge in [-0.05, 0) is 30.5 Å². The lowest BCUT2D eigenvalue weighted by molar-refractivity contribution is 0.303. The fraction of sp³-hybridized carbons (Fsp3) is 0.333.